The Labute approximate surface area is 88.0 Å². The van der Waals surface area contributed by atoms with Crippen molar-refractivity contribution in [1.82, 2.24) is 15.5 Å². The average Bonchev–Trinajstić information content (AvgIpc) is 2.28. The minimum absolute atomic E-state index is 0.511. The Bertz CT molecular complexity index is 453. The summed E-state index contributed by atoms with van der Waals surface area (Å²) in [5.74, 6) is 0. The lowest BCUT2D eigenvalue weighted by Crippen LogP contribution is -2.16. The Balaban J connectivity index is 2.50. The van der Waals surface area contributed by atoms with Gasteiger partial charge in [-0.15, -0.1) is 0 Å². The highest BCUT2D eigenvalue weighted by molar-refractivity contribution is 5.84. The van der Waals surface area contributed by atoms with Crippen LogP contribution in [0.1, 0.15) is 11.7 Å². The van der Waals surface area contributed by atoms with Gasteiger partial charge in [0.15, 0.2) is 0 Å². The number of hydrogen-bond acceptors (Lipinski definition) is 4. The summed E-state index contributed by atoms with van der Waals surface area (Å²) in [5, 5.41) is 22.5. The number of aliphatic hydroxyl groups excluding tert-OH is 1. The molecule has 2 rings (SSSR count). The highest BCUT2D eigenvalue weighted by Crippen LogP contribution is 2.22. The van der Waals surface area contributed by atoms with E-state index in [1.807, 2.05) is 25.2 Å². The molecule has 0 aliphatic rings. The molecular weight excluding hydrogens is 190 g/mol. The van der Waals surface area contributed by atoms with Crippen LogP contribution in [0.3, 0.4) is 0 Å². The van der Waals surface area contributed by atoms with Crippen LogP contribution >= 0.6 is 0 Å². The molecule has 0 spiro atoms. The number of aromatic nitrogens is 2. The van der Waals surface area contributed by atoms with Crippen molar-refractivity contribution >= 4 is 10.8 Å². The SMILES string of the molecule is CNCC(O)c1cccc2cnncc12. The Morgan fingerprint density at radius 3 is 2.93 bits per heavy atom. The fourth-order valence-corrected chi connectivity index (χ4v) is 1.64. The van der Waals surface area contributed by atoms with E-state index >= 15 is 0 Å². The number of benzene rings is 1. The van der Waals surface area contributed by atoms with Crippen molar-refractivity contribution in [2.45, 2.75) is 6.10 Å². The van der Waals surface area contributed by atoms with Crippen LogP contribution in [-0.4, -0.2) is 28.9 Å². The molecule has 0 saturated heterocycles. The summed E-state index contributed by atoms with van der Waals surface area (Å²) in [6.45, 7) is 0.529. The molecule has 2 N–H and O–H groups in total. The van der Waals surface area contributed by atoms with Crippen molar-refractivity contribution in [2.24, 2.45) is 0 Å². The summed E-state index contributed by atoms with van der Waals surface area (Å²) >= 11 is 0. The minimum Gasteiger partial charge on any atom is -0.387 e. The summed E-state index contributed by atoms with van der Waals surface area (Å²) in [4.78, 5) is 0. The minimum atomic E-state index is -0.511. The lowest BCUT2D eigenvalue weighted by Gasteiger charge is -2.12. The van der Waals surface area contributed by atoms with Gasteiger partial charge in [0.05, 0.1) is 18.5 Å². The molecule has 15 heavy (non-hydrogen) atoms. The van der Waals surface area contributed by atoms with E-state index in [2.05, 4.69) is 15.5 Å². The van der Waals surface area contributed by atoms with Crippen LogP contribution in [0.15, 0.2) is 30.6 Å². The molecule has 4 nitrogen and oxygen atoms in total. The first-order chi connectivity index (χ1) is 7.33. The molecule has 1 aromatic carbocycles. The number of nitrogens with zero attached hydrogens (tertiary/aromatic N) is 2. The maximum atomic E-state index is 9.91. The molecule has 0 aliphatic heterocycles. The molecule has 4 heteroatoms. The molecule has 0 amide bonds. The van der Waals surface area contributed by atoms with Gasteiger partial charge in [0.2, 0.25) is 0 Å². The number of aliphatic hydroxyl groups is 1. The van der Waals surface area contributed by atoms with Gasteiger partial charge in [-0.3, -0.25) is 0 Å². The third-order valence-corrected chi connectivity index (χ3v) is 2.38. The van der Waals surface area contributed by atoms with E-state index in [1.54, 1.807) is 12.4 Å². The summed E-state index contributed by atoms with van der Waals surface area (Å²) in [5.41, 5.74) is 0.886. The van der Waals surface area contributed by atoms with E-state index in [4.69, 9.17) is 0 Å². The van der Waals surface area contributed by atoms with E-state index < -0.39 is 6.10 Å². The summed E-state index contributed by atoms with van der Waals surface area (Å²) in [6.07, 6.45) is 2.87. The van der Waals surface area contributed by atoms with Crippen LogP contribution in [-0.2, 0) is 0 Å². The molecule has 0 bridgehead atoms. The molecular formula is C11H13N3O. The smallest absolute Gasteiger partial charge is 0.0920 e. The molecule has 1 aromatic heterocycles. The first kappa shape index (κ1) is 10.0. The van der Waals surface area contributed by atoms with Gasteiger partial charge in [0, 0.05) is 17.3 Å². The third-order valence-electron chi connectivity index (χ3n) is 2.38. The second-order valence-corrected chi connectivity index (χ2v) is 3.41. The Kier molecular flexibility index (Phi) is 2.89. The lowest BCUT2D eigenvalue weighted by molar-refractivity contribution is 0.179. The van der Waals surface area contributed by atoms with E-state index in [1.165, 1.54) is 0 Å². The zero-order valence-corrected chi connectivity index (χ0v) is 8.51. The van der Waals surface area contributed by atoms with E-state index in [9.17, 15) is 5.11 Å². The lowest BCUT2D eigenvalue weighted by atomic mass is 10.0. The predicted molar refractivity (Wildman–Crippen MR) is 58.4 cm³/mol. The Morgan fingerprint density at radius 1 is 1.33 bits per heavy atom. The third kappa shape index (κ3) is 1.95. The normalized spacial score (nSPS) is 12.9. The van der Waals surface area contributed by atoms with E-state index in [0.29, 0.717) is 6.54 Å². The Morgan fingerprint density at radius 2 is 2.13 bits per heavy atom. The molecule has 0 saturated carbocycles. The summed E-state index contributed by atoms with van der Waals surface area (Å²) < 4.78 is 0. The highest BCUT2D eigenvalue weighted by atomic mass is 16.3. The van der Waals surface area contributed by atoms with Crippen molar-refractivity contribution in [2.75, 3.05) is 13.6 Å². The van der Waals surface area contributed by atoms with Gasteiger partial charge in [0.1, 0.15) is 0 Å². The number of hydrogen-bond donors (Lipinski definition) is 2. The standard InChI is InChI=1S/C11H13N3O/c1-12-7-11(15)9-4-2-3-8-5-13-14-6-10(8)9/h2-6,11-12,15H,7H2,1H3. The summed E-state index contributed by atoms with van der Waals surface area (Å²) in [7, 11) is 1.81. The quantitative estimate of drug-likeness (QED) is 0.777. The molecule has 78 valence electrons. The molecule has 1 heterocycles. The first-order valence-corrected chi connectivity index (χ1v) is 4.85. The molecule has 1 unspecified atom stereocenters. The number of nitrogens with one attached hydrogen (secondary N) is 1. The fourth-order valence-electron chi connectivity index (χ4n) is 1.64. The predicted octanol–water partition coefficient (Wildman–Crippen LogP) is 0.883. The van der Waals surface area contributed by atoms with Crippen LogP contribution in [0, 0.1) is 0 Å². The molecule has 0 aliphatic carbocycles. The van der Waals surface area contributed by atoms with Gasteiger partial charge in [-0.1, -0.05) is 18.2 Å². The van der Waals surface area contributed by atoms with Crippen molar-refractivity contribution in [3.8, 4) is 0 Å². The van der Waals surface area contributed by atoms with Crippen molar-refractivity contribution in [1.29, 1.82) is 0 Å². The zero-order valence-electron chi connectivity index (χ0n) is 8.51. The zero-order chi connectivity index (χ0) is 10.7. The molecule has 2 aromatic rings. The largest absolute Gasteiger partial charge is 0.387 e. The van der Waals surface area contributed by atoms with Crippen molar-refractivity contribution < 1.29 is 5.11 Å². The van der Waals surface area contributed by atoms with E-state index in [-0.39, 0.29) is 0 Å². The van der Waals surface area contributed by atoms with Gasteiger partial charge in [0.25, 0.3) is 0 Å². The first-order valence-electron chi connectivity index (χ1n) is 4.85. The number of rotatable bonds is 3. The Hall–Kier alpha value is -1.52. The second kappa shape index (κ2) is 4.33. The van der Waals surface area contributed by atoms with Gasteiger partial charge in [-0.05, 0) is 12.6 Å². The maximum Gasteiger partial charge on any atom is 0.0920 e. The van der Waals surface area contributed by atoms with Gasteiger partial charge >= 0.3 is 0 Å². The van der Waals surface area contributed by atoms with Crippen LogP contribution in [0.5, 0.6) is 0 Å². The summed E-state index contributed by atoms with van der Waals surface area (Å²) in [6, 6.07) is 5.78. The maximum absolute atomic E-state index is 9.91. The van der Waals surface area contributed by atoms with Crippen LogP contribution in [0.25, 0.3) is 10.8 Å². The van der Waals surface area contributed by atoms with Crippen molar-refractivity contribution in [3.05, 3.63) is 36.2 Å². The highest BCUT2D eigenvalue weighted by Gasteiger charge is 2.09. The van der Waals surface area contributed by atoms with Crippen LogP contribution in [0.4, 0.5) is 0 Å². The monoisotopic (exact) mass is 203 g/mol. The van der Waals surface area contributed by atoms with Crippen LogP contribution in [0.2, 0.25) is 0 Å². The van der Waals surface area contributed by atoms with Gasteiger partial charge in [-0.25, -0.2) is 0 Å². The molecule has 0 radical (unpaired) electrons. The number of fused-ring (bicyclic) bond motifs is 1. The fraction of sp³-hybridized carbons (Fsp3) is 0.273. The topological polar surface area (TPSA) is 58.0 Å². The average molecular weight is 203 g/mol. The number of likely N-dealkylation sites (N-methyl/N-ethyl adjacent to an activating group) is 1. The van der Waals surface area contributed by atoms with Crippen molar-refractivity contribution in [3.63, 3.8) is 0 Å². The van der Waals surface area contributed by atoms with Crippen LogP contribution < -0.4 is 5.32 Å². The molecule has 0 fully saturated rings. The van der Waals surface area contributed by atoms with E-state index in [0.717, 1.165) is 16.3 Å². The second-order valence-electron chi connectivity index (χ2n) is 3.41. The molecule has 1 atom stereocenters. The van der Waals surface area contributed by atoms with Gasteiger partial charge in [-0.2, -0.15) is 10.2 Å². The van der Waals surface area contributed by atoms with Gasteiger partial charge < -0.3 is 10.4 Å².